The fraction of sp³-hybridized carbons (Fsp3) is 0.909. The molecular formula is C11H23NO3. The van der Waals surface area contributed by atoms with E-state index in [1.54, 1.807) is 13.8 Å². The molecule has 90 valence electrons. The average Bonchev–Trinajstić information content (AvgIpc) is 2.14. The van der Waals surface area contributed by atoms with Crippen LogP contribution in [0.25, 0.3) is 0 Å². The topological polar surface area (TPSA) is 69.6 Å². The van der Waals surface area contributed by atoms with E-state index in [2.05, 4.69) is 19.2 Å². The Hall–Kier alpha value is -0.610. The molecule has 0 saturated carbocycles. The Morgan fingerprint density at radius 2 is 1.93 bits per heavy atom. The molecule has 0 saturated heterocycles. The van der Waals surface area contributed by atoms with Crippen molar-refractivity contribution in [3.63, 3.8) is 0 Å². The molecule has 0 bridgehead atoms. The molecule has 0 spiro atoms. The van der Waals surface area contributed by atoms with Crippen molar-refractivity contribution in [2.75, 3.05) is 6.61 Å². The highest BCUT2D eigenvalue weighted by molar-refractivity contribution is 5.78. The fourth-order valence-electron chi connectivity index (χ4n) is 1.41. The van der Waals surface area contributed by atoms with Gasteiger partial charge in [0.05, 0.1) is 6.61 Å². The lowest BCUT2D eigenvalue weighted by Crippen LogP contribution is -2.54. The molecule has 15 heavy (non-hydrogen) atoms. The molecule has 3 N–H and O–H groups in total. The molecule has 4 heteroatoms. The summed E-state index contributed by atoms with van der Waals surface area (Å²) in [5.41, 5.74) is -0.938. The Balaban J connectivity index is 4.38. The minimum absolute atomic E-state index is 0.0510. The van der Waals surface area contributed by atoms with Crippen LogP contribution in [0.3, 0.4) is 0 Å². The lowest BCUT2D eigenvalue weighted by atomic mass is 9.91. The normalized spacial score (nSPS) is 17.5. The third-order valence-corrected chi connectivity index (χ3v) is 2.53. The van der Waals surface area contributed by atoms with Crippen LogP contribution < -0.4 is 5.32 Å². The molecule has 0 aromatic heterocycles. The van der Waals surface area contributed by atoms with Crippen molar-refractivity contribution in [3.8, 4) is 0 Å². The summed E-state index contributed by atoms with van der Waals surface area (Å²) in [5.74, 6) is -0.377. The number of carboxylic acids is 1. The van der Waals surface area contributed by atoms with Crippen LogP contribution in [0.15, 0.2) is 0 Å². The standard InChI is InChI=1S/C11H23NO3/c1-8(2)5-6-11(4,10(14)15)12-9(3)7-13/h8-9,12-13H,5-7H2,1-4H3,(H,14,15). The quantitative estimate of drug-likeness (QED) is 0.600. The largest absolute Gasteiger partial charge is 0.480 e. The van der Waals surface area contributed by atoms with Gasteiger partial charge >= 0.3 is 5.97 Å². The number of nitrogens with one attached hydrogen (secondary N) is 1. The van der Waals surface area contributed by atoms with Gasteiger partial charge in [-0.1, -0.05) is 13.8 Å². The van der Waals surface area contributed by atoms with E-state index in [9.17, 15) is 4.79 Å². The van der Waals surface area contributed by atoms with Crippen molar-refractivity contribution in [2.24, 2.45) is 5.92 Å². The zero-order valence-electron chi connectivity index (χ0n) is 10.1. The summed E-state index contributed by atoms with van der Waals surface area (Å²) in [5, 5.41) is 21.0. The van der Waals surface area contributed by atoms with Crippen molar-refractivity contribution in [1.82, 2.24) is 5.32 Å². The van der Waals surface area contributed by atoms with E-state index in [-0.39, 0.29) is 12.6 Å². The maximum Gasteiger partial charge on any atom is 0.323 e. The molecule has 0 aromatic rings. The van der Waals surface area contributed by atoms with Crippen LogP contribution >= 0.6 is 0 Å². The van der Waals surface area contributed by atoms with Gasteiger partial charge in [-0.25, -0.2) is 0 Å². The SMILES string of the molecule is CC(C)CCC(C)(NC(C)CO)C(=O)O. The molecular weight excluding hydrogens is 194 g/mol. The first-order valence-corrected chi connectivity index (χ1v) is 5.43. The van der Waals surface area contributed by atoms with Crippen molar-refractivity contribution in [1.29, 1.82) is 0 Å². The summed E-state index contributed by atoms with van der Waals surface area (Å²) in [7, 11) is 0. The minimum Gasteiger partial charge on any atom is -0.480 e. The van der Waals surface area contributed by atoms with Crippen molar-refractivity contribution < 1.29 is 15.0 Å². The highest BCUT2D eigenvalue weighted by Gasteiger charge is 2.33. The third-order valence-electron chi connectivity index (χ3n) is 2.53. The predicted molar refractivity (Wildman–Crippen MR) is 59.8 cm³/mol. The van der Waals surface area contributed by atoms with E-state index < -0.39 is 11.5 Å². The fourth-order valence-corrected chi connectivity index (χ4v) is 1.41. The Morgan fingerprint density at radius 1 is 1.40 bits per heavy atom. The summed E-state index contributed by atoms with van der Waals surface area (Å²) in [6.45, 7) is 7.53. The monoisotopic (exact) mass is 217 g/mol. The maximum atomic E-state index is 11.1. The van der Waals surface area contributed by atoms with Gasteiger partial charge in [-0.05, 0) is 32.6 Å². The van der Waals surface area contributed by atoms with Crippen LogP contribution in [0.2, 0.25) is 0 Å². The zero-order chi connectivity index (χ0) is 12.1. The highest BCUT2D eigenvalue weighted by atomic mass is 16.4. The molecule has 0 amide bonds. The van der Waals surface area contributed by atoms with Crippen LogP contribution in [0.5, 0.6) is 0 Å². The smallest absolute Gasteiger partial charge is 0.323 e. The predicted octanol–water partition coefficient (Wildman–Crippen LogP) is 1.24. The molecule has 0 aliphatic carbocycles. The summed E-state index contributed by atoms with van der Waals surface area (Å²) < 4.78 is 0. The molecule has 0 aromatic carbocycles. The summed E-state index contributed by atoms with van der Waals surface area (Å²) in [4.78, 5) is 11.1. The first-order chi connectivity index (χ1) is 6.81. The van der Waals surface area contributed by atoms with Gasteiger partial charge in [0.2, 0.25) is 0 Å². The van der Waals surface area contributed by atoms with E-state index in [1.165, 1.54) is 0 Å². The molecule has 0 heterocycles. The first-order valence-electron chi connectivity index (χ1n) is 5.43. The van der Waals surface area contributed by atoms with Gasteiger partial charge < -0.3 is 10.2 Å². The zero-order valence-corrected chi connectivity index (χ0v) is 10.1. The van der Waals surface area contributed by atoms with Crippen molar-refractivity contribution in [3.05, 3.63) is 0 Å². The second kappa shape index (κ2) is 6.08. The third kappa shape index (κ3) is 5.14. The van der Waals surface area contributed by atoms with Gasteiger partial charge in [0.25, 0.3) is 0 Å². The Bertz CT molecular complexity index is 206. The number of aliphatic carboxylic acids is 1. The van der Waals surface area contributed by atoms with Crippen LogP contribution in [0, 0.1) is 5.92 Å². The van der Waals surface area contributed by atoms with Gasteiger partial charge in [-0.3, -0.25) is 10.1 Å². The van der Waals surface area contributed by atoms with Crippen molar-refractivity contribution >= 4 is 5.97 Å². The second-order valence-electron chi connectivity index (χ2n) is 4.80. The lowest BCUT2D eigenvalue weighted by molar-refractivity contribution is -0.145. The van der Waals surface area contributed by atoms with E-state index in [4.69, 9.17) is 10.2 Å². The summed E-state index contributed by atoms with van der Waals surface area (Å²) in [6.07, 6.45) is 1.43. The Morgan fingerprint density at radius 3 is 2.27 bits per heavy atom. The number of carboxylic acid groups (broad SMARTS) is 1. The Labute approximate surface area is 91.7 Å². The molecule has 0 aliphatic rings. The van der Waals surface area contributed by atoms with Crippen LogP contribution in [0.4, 0.5) is 0 Å². The number of hydrogen-bond donors (Lipinski definition) is 3. The molecule has 0 rings (SSSR count). The molecule has 0 aliphatic heterocycles. The number of hydrogen-bond acceptors (Lipinski definition) is 3. The Kier molecular flexibility index (Phi) is 5.83. The van der Waals surface area contributed by atoms with E-state index in [0.717, 1.165) is 6.42 Å². The van der Waals surface area contributed by atoms with Crippen LogP contribution in [-0.4, -0.2) is 34.4 Å². The van der Waals surface area contributed by atoms with Gasteiger partial charge in [0.1, 0.15) is 5.54 Å². The minimum atomic E-state index is -0.938. The number of aliphatic hydroxyl groups excluding tert-OH is 1. The van der Waals surface area contributed by atoms with Gasteiger partial charge in [0, 0.05) is 6.04 Å². The average molecular weight is 217 g/mol. The summed E-state index contributed by atoms with van der Waals surface area (Å²) >= 11 is 0. The van der Waals surface area contributed by atoms with E-state index in [1.807, 2.05) is 0 Å². The highest BCUT2D eigenvalue weighted by Crippen LogP contribution is 2.17. The molecule has 0 fully saturated rings. The number of aliphatic hydroxyl groups is 1. The lowest BCUT2D eigenvalue weighted by Gasteiger charge is -2.30. The first kappa shape index (κ1) is 14.4. The van der Waals surface area contributed by atoms with Gasteiger partial charge in [-0.2, -0.15) is 0 Å². The van der Waals surface area contributed by atoms with E-state index in [0.29, 0.717) is 12.3 Å². The van der Waals surface area contributed by atoms with Crippen LogP contribution in [0.1, 0.15) is 40.5 Å². The second-order valence-corrected chi connectivity index (χ2v) is 4.80. The molecule has 2 atom stereocenters. The molecule has 0 radical (unpaired) electrons. The molecule has 4 nitrogen and oxygen atoms in total. The van der Waals surface area contributed by atoms with E-state index >= 15 is 0 Å². The van der Waals surface area contributed by atoms with Gasteiger partial charge in [0.15, 0.2) is 0 Å². The number of rotatable bonds is 7. The number of carbonyl (C=O) groups is 1. The van der Waals surface area contributed by atoms with Gasteiger partial charge in [-0.15, -0.1) is 0 Å². The van der Waals surface area contributed by atoms with Crippen LogP contribution in [-0.2, 0) is 4.79 Å². The van der Waals surface area contributed by atoms with Crippen molar-refractivity contribution in [2.45, 2.75) is 52.1 Å². The summed E-state index contributed by atoms with van der Waals surface area (Å²) in [6, 6.07) is -0.196. The molecule has 2 unspecified atom stereocenters. The maximum absolute atomic E-state index is 11.1.